The molecule has 0 bridgehead atoms. The zero-order valence-electron chi connectivity index (χ0n) is 11.2. The summed E-state index contributed by atoms with van der Waals surface area (Å²) in [5.41, 5.74) is 0.153. The van der Waals surface area contributed by atoms with Gasteiger partial charge in [0, 0.05) is 0 Å². The van der Waals surface area contributed by atoms with Gasteiger partial charge in [0.2, 0.25) is 0 Å². The summed E-state index contributed by atoms with van der Waals surface area (Å²) in [7, 11) is -2.66. The second-order valence-electron chi connectivity index (χ2n) is 4.31. The lowest BCUT2D eigenvalue weighted by Crippen LogP contribution is -2.18. The highest BCUT2D eigenvalue weighted by Crippen LogP contribution is 2.21. The van der Waals surface area contributed by atoms with Crippen molar-refractivity contribution in [1.29, 1.82) is 0 Å². The smallest absolute Gasteiger partial charge is 0.188 e. The van der Waals surface area contributed by atoms with E-state index in [1.807, 2.05) is 0 Å². The largest absolute Gasteiger partial charge is 0.496 e. The predicted molar refractivity (Wildman–Crippen MR) is 75.8 cm³/mol. The lowest BCUT2D eigenvalue weighted by atomic mass is 10.1. The molecule has 0 saturated carbocycles. The van der Waals surface area contributed by atoms with Crippen LogP contribution in [-0.4, -0.2) is 27.1 Å². The minimum Gasteiger partial charge on any atom is -0.496 e. The Morgan fingerprint density at radius 2 is 1.71 bits per heavy atom. The molecule has 0 unspecified atom stereocenters. The maximum atomic E-state index is 13.6. The van der Waals surface area contributed by atoms with Gasteiger partial charge < -0.3 is 4.74 Å². The quantitative estimate of drug-likeness (QED) is 0.796. The van der Waals surface area contributed by atoms with Crippen molar-refractivity contribution in [2.24, 2.45) is 0 Å². The molecule has 6 heteroatoms. The van der Waals surface area contributed by atoms with Crippen molar-refractivity contribution >= 4 is 15.6 Å². The summed E-state index contributed by atoms with van der Waals surface area (Å²) in [6.45, 7) is 0. The first kappa shape index (κ1) is 15.2. The van der Waals surface area contributed by atoms with Crippen molar-refractivity contribution < 1.29 is 22.3 Å². The highest BCUT2D eigenvalue weighted by atomic mass is 32.2. The summed E-state index contributed by atoms with van der Waals surface area (Å²) in [4.78, 5) is 11.7. The maximum Gasteiger partial charge on any atom is 0.188 e. The Bertz CT molecular complexity index is 769. The van der Waals surface area contributed by atoms with Crippen molar-refractivity contribution in [3.05, 3.63) is 59.9 Å². The van der Waals surface area contributed by atoms with E-state index in [2.05, 4.69) is 0 Å². The Morgan fingerprint density at radius 3 is 2.38 bits per heavy atom. The van der Waals surface area contributed by atoms with Crippen LogP contribution in [0.2, 0.25) is 0 Å². The van der Waals surface area contributed by atoms with Crippen LogP contribution in [0.5, 0.6) is 5.75 Å². The van der Waals surface area contributed by atoms with E-state index in [4.69, 9.17) is 4.74 Å². The molecule has 0 spiro atoms. The van der Waals surface area contributed by atoms with Gasteiger partial charge in [-0.05, 0) is 24.3 Å². The fourth-order valence-corrected chi connectivity index (χ4v) is 3.21. The fraction of sp³-hybridized carbons (Fsp3) is 0.133. The number of benzene rings is 2. The van der Waals surface area contributed by atoms with E-state index >= 15 is 0 Å². The molecule has 0 aliphatic heterocycles. The van der Waals surface area contributed by atoms with Crippen molar-refractivity contribution in [1.82, 2.24) is 0 Å². The van der Waals surface area contributed by atoms with Gasteiger partial charge in [0.15, 0.2) is 15.6 Å². The predicted octanol–water partition coefficient (Wildman–Crippen LogP) is 2.49. The van der Waals surface area contributed by atoms with Crippen LogP contribution in [0.1, 0.15) is 10.4 Å². The first-order valence-corrected chi connectivity index (χ1v) is 7.74. The second kappa shape index (κ2) is 6.05. The van der Waals surface area contributed by atoms with Gasteiger partial charge in [-0.2, -0.15) is 0 Å². The number of sulfone groups is 1. The Labute approximate surface area is 122 Å². The molecule has 2 rings (SSSR count). The Kier molecular flexibility index (Phi) is 4.37. The van der Waals surface area contributed by atoms with Gasteiger partial charge in [0.25, 0.3) is 0 Å². The normalized spacial score (nSPS) is 11.1. The van der Waals surface area contributed by atoms with Crippen molar-refractivity contribution in [3.63, 3.8) is 0 Å². The third-order valence-electron chi connectivity index (χ3n) is 2.90. The number of carbonyl (C=O) groups excluding carboxylic acids is 1. The van der Waals surface area contributed by atoms with Crippen LogP contribution < -0.4 is 4.74 Å². The number of methoxy groups -OCH3 is 1. The molecule has 4 nitrogen and oxygen atoms in total. The number of ether oxygens (including phenoxy) is 1. The number of hydrogen-bond acceptors (Lipinski definition) is 4. The molecule has 0 aliphatic rings. The van der Waals surface area contributed by atoms with Crippen molar-refractivity contribution in [3.8, 4) is 5.75 Å². The molecule has 2 aromatic rings. The average molecular weight is 308 g/mol. The minimum absolute atomic E-state index is 0.153. The molecule has 0 radical (unpaired) electrons. The molecule has 0 fully saturated rings. The van der Waals surface area contributed by atoms with Crippen LogP contribution in [0, 0.1) is 5.82 Å². The summed E-state index contributed by atoms with van der Waals surface area (Å²) in [5, 5.41) is 0. The highest BCUT2D eigenvalue weighted by Gasteiger charge is 2.24. The molecular formula is C15H13FO4S. The molecule has 0 saturated heterocycles. The lowest BCUT2D eigenvalue weighted by Gasteiger charge is -2.08. The van der Waals surface area contributed by atoms with E-state index in [1.54, 1.807) is 18.2 Å². The maximum absolute atomic E-state index is 13.6. The number of para-hydroxylation sites is 1. The molecule has 0 N–H and O–H groups in total. The third kappa shape index (κ3) is 3.28. The zero-order chi connectivity index (χ0) is 15.5. The molecule has 0 aromatic heterocycles. The molecule has 0 aliphatic carbocycles. The Hall–Kier alpha value is -2.21. The first-order chi connectivity index (χ1) is 9.95. The van der Waals surface area contributed by atoms with Gasteiger partial charge in [-0.1, -0.05) is 24.3 Å². The van der Waals surface area contributed by atoms with Crippen molar-refractivity contribution in [2.45, 2.75) is 4.90 Å². The summed E-state index contributed by atoms with van der Waals surface area (Å²) >= 11 is 0. The van der Waals surface area contributed by atoms with E-state index in [0.29, 0.717) is 0 Å². The molecule has 0 amide bonds. The highest BCUT2D eigenvalue weighted by molar-refractivity contribution is 7.92. The van der Waals surface area contributed by atoms with E-state index in [1.165, 1.54) is 25.3 Å². The topological polar surface area (TPSA) is 60.4 Å². The zero-order valence-corrected chi connectivity index (χ0v) is 12.1. The van der Waals surface area contributed by atoms with Crippen LogP contribution in [0.15, 0.2) is 53.4 Å². The molecular weight excluding hydrogens is 295 g/mol. The number of Topliss-reactive ketones (excluding diaryl/α,β-unsaturated/α-hetero) is 1. The molecule has 21 heavy (non-hydrogen) atoms. The molecule has 110 valence electrons. The fourth-order valence-electron chi connectivity index (χ4n) is 1.90. The number of rotatable bonds is 5. The van der Waals surface area contributed by atoms with E-state index < -0.39 is 32.1 Å². The van der Waals surface area contributed by atoms with Crippen LogP contribution >= 0.6 is 0 Å². The molecule has 2 aromatic carbocycles. The first-order valence-electron chi connectivity index (χ1n) is 6.09. The Morgan fingerprint density at radius 1 is 1.10 bits per heavy atom. The molecule has 0 atom stereocenters. The third-order valence-corrected chi connectivity index (χ3v) is 4.54. The Balaban J connectivity index is 2.33. The SMILES string of the molecule is COc1ccccc1C(=O)CS(=O)(=O)c1ccccc1F. The second-order valence-corrected chi connectivity index (χ2v) is 6.27. The monoisotopic (exact) mass is 308 g/mol. The number of hydrogen-bond donors (Lipinski definition) is 0. The average Bonchev–Trinajstić information content (AvgIpc) is 2.47. The number of ketones is 1. The lowest BCUT2D eigenvalue weighted by molar-refractivity contribution is 0.101. The summed E-state index contributed by atoms with van der Waals surface area (Å²) in [6, 6.07) is 11.3. The van der Waals surface area contributed by atoms with E-state index in [9.17, 15) is 17.6 Å². The minimum atomic E-state index is -4.04. The molecule has 0 heterocycles. The summed E-state index contributed by atoms with van der Waals surface area (Å²) in [6.07, 6.45) is 0. The van der Waals surface area contributed by atoms with Gasteiger partial charge in [-0.3, -0.25) is 4.79 Å². The van der Waals surface area contributed by atoms with Gasteiger partial charge >= 0.3 is 0 Å². The number of carbonyl (C=O) groups is 1. The van der Waals surface area contributed by atoms with Gasteiger partial charge in [0.05, 0.1) is 12.7 Å². The van der Waals surface area contributed by atoms with Crippen LogP contribution in [-0.2, 0) is 9.84 Å². The number of halogens is 1. The van der Waals surface area contributed by atoms with E-state index in [-0.39, 0.29) is 11.3 Å². The van der Waals surface area contributed by atoms with Crippen LogP contribution in [0.3, 0.4) is 0 Å². The van der Waals surface area contributed by atoms with Gasteiger partial charge in [-0.15, -0.1) is 0 Å². The van der Waals surface area contributed by atoms with Crippen LogP contribution in [0.4, 0.5) is 4.39 Å². The van der Waals surface area contributed by atoms with E-state index in [0.717, 1.165) is 12.1 Å². The summed E-state index contributed by atoms with van der Waals surface area (Å²) in [5.74, 6) is -2.04. The van der Waals surface area contributed by atoms with Crippen molar-refractivity contribution in [2.75, 3.05) is 12.9 Å². The van der Waals surface area contributed by atoms with Crippen LogP contribution in [0.25, 0.3) is 0 Å². The van der Waals surface area contributed by atoms with Gasteiger partial charge in [-0.25, -0.2) is 12.8 Å². The van der Waals surface area contributed by atoms with Gasteiger partial charge in [0.1, 0.15) is 22.2 Å². The standard InChI is InChI=1S/C15H13FO4S/c1-20-14-8-4-2-6-11(14)13(17)10-21(18,19)15-9-5-3-7-12(15)16/h2-9H,10H2,1H3. The summed E-state index contributed by atoms with van der Waals surface area (Å²) < 4.78 is 42.9.